The fourth-order valence-corrected chi connectivity index (χ4v) is 4.44. The van der Waals surface area contributed by atoms with Crippen molar-refractivity contribution in [2.24, 2.45) is 0 Å². The number of nitrogens with zero attached hydrogens (tertiary/aromatic N) is 4. The quantitative estimate of drug-likeness (QED) is 0.501. The van der Waals surface area contributed by atoms with Crippen molar-refractivity contribution in [3.05, 3.63) is 78.1 Å². The van der Waals surface area contributed by atoms with Gasteiger partial charge in [-0.2, -0.15) is 0 Å². The number of ether oxygens (including phenoxy) is 1. The molecule has 2 atom stereocenters. The maximum Gasteiger partial charge on any atom is 0.153 e. The number of likely N-dealkylation sites (tertiary alicyclic amines) is 1. The maximum atomic E-state index is 6.09. The molecular weight excluding hydrogens is 374 g/mol. The summed E-state index contributed by atoms with van der Waals surface area (Å²) in [4.78, 5) is 19.6. The molecule has 4 aromatic rings. The first-order valence-electron chi connectivity index (χ1n) is 10.4. The van der Waals surface area contributed by atoms with Crippen LogP contribution in [0.4, 0.5) is 0 Å². The standard InChI is InChI=1S/C24H25N5O/c1-16-6-5-13-26-22(16)19-8-4-9-20(29(19)2)24-27-18-7-3-10-21(23(18)28-24)30-17-11-14-25-15-12-17/h3,5-7,10-15,19-20H,4,8-9H2,1-2H3,(H,27,28)/t19-,20+/m0/s1. The minimum absolute atomic E-state index is 0.214. The summed E-state index contributed by atoms with van der Waals surface area (Å²) in [6, 6.07) is 14.3. The van der Waals surface area contributed by atoms with Gasteiger partial charge in [-0.25, -0.2) is 4.98 Å². The molecule has 0 spiro atoms. The van der Waals surface area contributed by atoms with Crippen molar-refractivity contribution in [3.8, 4) is 11.5 Å². The Balaban J connectivity index is 1.47. The molecule has 1 saturated heterocycles. The number of rotatable bonds is 4. The van der Waals surface area contributed by atoms with E-state index >= 15 is 0 Å². The van der Waals surface area contributed by atoms with Crippen LogP contribution in [-0.4, -0.2) is 31.9 Å². The molecule has 0 unspecified atom stereocenters. The molecule has 4 heterocycles. The summed E-state index contributed by atoms with van der Waals surface area (Å²) in [7, 11) is 2.18. The van der Waals surface area contributed by atoms with E-state index in [1.165, 1.54) is 11.3 Å². The summed E-state index contributed by atoms with van der Waals surface area (Å²) in [5.74, 6) is 2.51. The number of nitrogens with one attached hydrogen (secondary N) is 1. The zero-order chi connectivity index (χ0) is 20.5. The lowest BCUT2D eigenvalue weighted by Crippen LogP contribution is -2.34. The van der Waals surface area contributed by atoms with Crippen molar-refractivity contribution in [2.75, 3.05) is 7.05 Å². The predicted molar refractivity (Wildman–Crippen MR) is 116 cm³/mol. The second kappa shape index (κ2) is 7.88. The fraction of sp³-hybridized carbons (Fsp3) is 0.292. The highest BCUT2D eigenvalue weighted by atomic mass is 16.5. The lowest BCUT2D eigenvalue weighted by Gasteiger charge is -2.38. The van der Waals surface area contributed by atoms with E-state index < -0.39 is 0 Å². The summed E-state index contributed by atoms with van der Waals surface area (Å²) in [5, 5.41) is 0. The van der Waals surface area contributed by atoms with Crippen molar-refractivity contribution in [1.82, 2.24) is 24.8 Å². The van der Waals surface area contributed by atoms with E-state index in [9.17, 15) is 0 Å². The van der Waals surface area contributed by atoms with Gasteiger partial charge in [0.1, 0.15) is 17.1 Å². The van der Waals surface area contributed by atoms with E-state index in [1.54, 1.807) is 12.4 Å². The van der Waals surface area contributed by atoms with Crippen molar-refractivity contribution < 1.29 is 4.74 Å². The third kappa shape index (κ3) is 3.44. The third-order valence-electron chi connectivity index (χ3n) is 6.00. The van der Waals surface area contributed by atoms with Gasteiger partial charge in [0.15, 0.2) is 5.75 Å². The zero-order valence-corrected chi connectivity index (χ0v) is 17.2. The van der Waals surface area contributed by atoms with Gasteiger partial charge < -0.3 is 9.72 Å². The number of imidazole rings is 1. The molecule has 30 heavy (non-hydrogen) atoms. The first-order valence-corrected chi connectivity index (χ1v) is 10.4. The lowest BCUT2D eigenvalue weighted by molar-refractivity contribution is 0.107. The highest BCUT2D eigenvalue weighted by molar-refractivity contribution is 5.82. The molecule has 0 aliphatic carbocycles. The van der Waals surface area contributed by atoms with Gasteiger partial charge in [-0.15, -0.1) is 0 Å². The maximum absolute atomic E-state index is 6.09. The Bertz CT molecular complexity index is 1160. The number of hydrogen-bond donors (Lipinski definition) is 1. The smallest absolute Gasteiger partial charge is 0.153 e. The largest absolute Gasteiger partial charge is 0.455 e. The Morgan fingerprint density at radius 2 is 1.83 bits per heavy atom. The molecule has 1 aromatic carbocycles. The Labute approximate surface area is 176 Å². The lowest BCUT2D eigenvalue weighted by atomic mass is 9.92. The Morgan fingerprint density at radius 1 is 1.00 bits per heavy atom. The normalized spacial score (nSPS) is 19.8. The van der Waals surface area contributed by atoms with Gasteiger partial charge in [0, 0.05) is 18.6 Å². The van der Waals surface area contributed by atoms with Crippen LogP contribution >= 0.6 is 0 Å². The van der Waals surface area contributed by atoms with E-state index in [4.69, 9.17) is 9.72 Å². The topological polar surface area (TPSA) is 66.9 Å². The van der Waals surface area contributed by atoms with Crippen molar-refractivity contribution in [2.45, 2.75) is 38.3 Å². The molecule has 6 nitrogen and oxygen atoms in total. The van der Waals surface area contributed by atoms with Gasteiger partial charge in [-0.1, -0.05) is 12.1 Å². The number of pyridine rings is 2. The van der Waals surface area contributed by atoms with Gasteiger partial charge in [-0.05, 0) is 69.1 Å². The Hall–Kier alpha value is -3.25. The second-order valence-electron chi connectivity index (χ2n) is 7.89. The van der Waals surface area contributed by atoms with Crippen LogP contribution in [0.25, 0.3) is 11.0 Å². The molecule has 6 heteroatoms. The number of aromatic amines is 1. The molecule has 0 saturated carbocycles. The van der Waals surface area contributed by atoms with E-state index in [0.717, 1.165) is 47.6 Å². The SMILES string of the molecule is Cc1cccnc1[C@@H]1CCC[C@H](c2nc3cccc(Oc4ccncc4)c3[nH]2)N1C. The molecule has 0 bridgehead atoms. The van der Waals surface area contributed by atoms with E-state index in [-0.39, 0.29) is 6.04 Å². The van der Waals surface area contributed by atoms with Crippen LogP contribution in [0.1, 0.15) is 48.4 Å². The number of benzene rings is 1. The van der Waals surface area contributed by atoms with Crippen LogP contribution in [0.5, 0.6) is 11.5 Å². The number of aryl methyl sites for hydroxylation is 1. The summed E-state index contributed by atoms with van der Waals surface area (Å²) in [6.45, 7) is 2.14. The third-order valence-corrected chi connectivity index (χ3v) is 6.00. The summed E-state index contributed by atoms with van der Waals surface area (Å²) < 4.78 is 6.09. The van der Waals surface area contributed by atoms with E-state index in [2.05, 4.69) is 39.9 Å². The molecule has 152 valence electrons. The number of H-pyrrole nitrogens is 1. The molecule has 1 aliphatic rings. The first kappa shape index (κ1) is 18.8. The molecular formula is C24H25N5O. The summed E-state index contributed by atoms with van der Waals surface area (Å²) in [5.41, 5.74) is 4.25. The first-order chi connectivity index (χ1) is 14.7. The molecule has 0 radical (unpaired) electrons. The van der Waals surface area contributed by atoms with Gasteiger partial charge in [-0.3, -0.25) is 14.9 Å². The van der Waals surface area contributed by atoms with Gasteiger partial charge in [0.25, 0.3) is 0 Å². The Kier molecular flexibility index (Phi) is 4.93. The fourth-order valence-electron chi connectivity index (χ4n) is 4.44. The second-order valence-corrected chi connectivity index (χ2v) is 7.89. The number of aromatic nitrogens is 4. The number of para-hydroxylation sites is 1. The summed E-state index contributed by atoms with van der Waals surface area (Å²) >= 11 is 0. The van der Waals surface area contributed by atoms with Gasteiger partial charge >= 0.3 is 0 Å². The number of fused-ring (bicyclic) bond motifs is 1. The average molecular weight is 399 g/mol. The highest BCUT2D eigenvalue weighted by Gasteiger charge is 2.33. The molecule has 0 amide bonds. The van der Waals surface area contributed by atoms with Crippen molar-refractivity contribution in [1.29, 1.82) is 0 Å². The molecule has 1 fully saturated rings. The van der Waals surface area contributed by atoms with Crippen LogP contribution in [-0.2, 0) is 0 Å². The van der Waals surface area contributed by atoms with E-state index in [1.807, 2.05) is 42.6 Å². The molecule has 1 aliphatic heterocycles. The van der Waals surface area contributed by atoms with Crippen LogP contribution in [0.15, 0.2) is 61.1 Å². The minimum Gasteiger partial charge on any atom is -0.455 e. The predicted octanol–water partition coefficient (Wildman–Crippen LogP) is 5.35. The molecule has 5 rings (SSSR count). The van der Waals surface area contributed by atoms with Crippen LogP contribution in [0.2, 0.25) is 0 Å². The van der Waals surface area contributed by atoms with Gasteiger partial charge in [0.2, 0.25) is 0 Å². The zero-order valence-electron chi connectivity index (χ0n) is 17.2. The highest BCUT2D eigenvalue weighted by Crippen LogP contribution is 2.40. The Morgan fingerprint density at radius 3 is 2.67 bits per heavy atom. The van der Waals surface area contributed by atoms with Crippen LogP contribution in [0, 0.1) is 6.92 Å². The minimum atomic E-state index is 0.214. The number of piperidine rings is 1. The van der Waals surface area contributed by atoms with Crippen LogP contribution in [0.3, 0.4) is 0 Å². The van der Waals surface area contributed by atoms with Crippen molar-refractivity contribution in [3.63, 3.8) is 0 Å². The van der Waals surface area contributed by atoms with Gasteiger partial charge in [0.05, 0.1) is 23.3 Å². The monoisotopic (exact) mass is 399 g/mol. The van der Waals surface area contributed by atoms with Crippen molar-refractivity contribution >= 4 is 11.0 Å². The molecule has 1 N–H and O–H groups in total. The summed E-state index contributed by atoms with van der Waals surface area (Å²) in [6.07, 6.45) is 8.67. The van der Waals surface area contributed by atoms with Crippen LogP contribution < -0.4 is 4.74 Å². The number of hydrogen-bond acceptors (Lipinski definition) is 5. The molecule has 3 aromatic heterocycles. The average Bonchev–Trinajstić information content (AvgIpc) is 3.20. The van der Waals surface area contributed by atoms with E-state index in [0.29, 0.717) is 6.04 Å².